The summed E-state index contributed by atoms with van der Waals surface area (Å²) in [6, 6.07) is 4.68. The second kappa shape index (κ2) is 3.23. The molecule has 2 heterocycles. The van der Waals surface area contributed by atoms with Crippen LogP contribution in [0.3, 0.4) is 0 Å². The van der Waals surface area contributed by atoms with E-state index in [1.807, 2.05) is 18.5 Å². The molecule has 0 aromatic carbocycles. The Hall–Kier alpha value is -0.890. The molecule has 1 fully saturated rings. The van der Waals surface area contributed by atoms with Crippen LogP contribution in [0.15, 0.2) is 24.5 Å². The monoisotopic (exact) mass is 162 g/mol. The normalized spacial score (nSPS) is 29.1. The molecule has 1 N–H and O–H groups in total. The summed E-state index contributed by atoms with van der Waals surface area (Å²) >= 11 is 0. The lowest BCUT2D eigenvalue weighted by Crippen LogP contribution is -2.13. The summed E-state index contributed by atoms with van der Waals surface area (Å²) in [4.78, 5) is 4.11. The predicted octanol–water partition coefficient (Wildman–Crippen LogP) is 1.75. The van der Waals surface area contributed by atoms with E-state index in [1.165, 1.54) is 12.0 Å². The second-order valence-electron chi connectivity index (χ2n) is 3.59. The maximum absolute atomic E-state index is 4.11. The number of nitrogens with zero attached hydrogens (tertiary/aromatic N) is 1. The van der Waals surface area contributed by atoms with Crippen molar-refractivity contribution in [3.05, 3.63) is 30.1 Å². The SMILES string of the molecule is CC1CNC(c2cccnc2)C1. The summed E-state index contributed by atoms with van der Waals surface area (Å²) in [7, 11) is 0. The van der Waals surface area contributed by atoms with Gasteiger partial charge in [0.05, 0.1) is 0 Å². The van der Waals surface area contributed by atoms with Gasteiger partial charge in [-0.25, -0.2) is 0 Å². The zero-order valence-corrected chi connectivity index (χ0v) is 7.33. The molecule has 2 nitrogen and oxygen atoms in total. The van der Waals surface area contributed by atoms with Gasteiger partial charge in [-0.15, -0.1) is 0 Å². The van der Waals surface area contributed by atoms with Crippen molar-refractivity contribution in [1.29, 1.82) is 0 Å². The summed E-state index contributed by atoms with van der Waals surface area (Å²) in [5.74, 6) is 0.801. The van der Waals surface area contributed by atoms with Crippen LogP contribution in [-0.4, -0.2) is 11.5 Å². The average Bonchev–Trinajstić information content (AvgIpc) is 2.54. The Labute approximate surface area is 73.0 Å². The number of hydrogen-bond acceptors (Lipinski definition) is 2. The van der Waals surface area contributed by atoms with Gasteiger partial charge >= 0.3 is 0 Å². The molecule has 0 aliphatic carbocycles. The largest absolute Gasteiger partial charge is 0.310 e. The Kier molecular flexibility index (Phi) is 2.09. The standard InChI is InChI=1S/C10H14N2/c1-8-5-10(12-6-8)9-3-2-4-11-7-9/h2-4,7-8,10,12H,5-6H2,1H3. The lowest BCUT2D eigenvalue weighted by molar-refractivity contribution is 0.610. The molecule has 0 radical (unpaired) electrons. The van der Waals surface area contributed by atoms with Crippen LogP contribution in [0, 0.1) is 5.92 Å². The fourth-order valence-corrected chi connectivity index (χ4v) is 1.75. The number of aromatic nitrogens is 1. The van der Waals surface area contributed by atoms with E-state index in [1.54, 1.807) is 0 Å². The topological polar surface area (TPSA) is 24.9 Å². The van der Waals surface area contributed by atoms with Gasteiger partial charge in [-0.3, -0.25) is 4.98 Å². The average molecular weight is 162 g/mol. The Morgan fingerprint density at radius 3 is 3.08 bits per heavy atom. The van der Waals surface area contributed by atoms with Crippen LogP contribution in [0.25, 0.3) is 0 Å². The third-order valence-corrected chi connectivity index (χ3v) is 2.44. The molecule has 1 aliphatic rings. The molecule has 0 saturated carbocycles. The molecule has 0 spiro atoms. The summed E-state index contributed by atoms with van der Waals surface area (Å²) < 4.78 is 0. The lowest BCUT2D eigenvalue weighted by atomic mass is 10.0. The zero-order chi connectivity index (χ0) is 8.39. The Morgan fingerprint density at radius 1 is 1.58 bits per heavy atom. The van der Waals surface area contributed by atoms with Crippen LogP contribution in [0.5, 0.6) is 0 Å². The highest BCUT2D eigenvalue weighted by molar-refractivity contribution is 5.15. The highest BCUT2D eigenvalue weighted by Gasteiger charge is 2.21. The predicted molar refractivity (Wildman–Crippen MR) is 48.8 cm³/mol. The smallest absolute Gasteiger partial charge is 0.0338 e. The summed E-state index contributed by atoms with van der Waals surface area (Å²) in [6.45, 7) is 3.42. The molecular formula is C10H14N2. The van der Waals surface area contributed by atoms with E-state index in [-0.39, 0.29) is 0 Å². The minimum Gasteiger partial charge on any atom is -0.310 e. The first kappa shape index (κ1) is 7.74. The fraction of sp³-hybridized carbons (Fsp3) is 0.500. The molecule has 64 valence electrons. The van der Waals surface area contributed by atoms with Crippen LogP contribution >= 0.6 is 0 Å². The van der Waals surface area contributed by atoms with E-state index in [0.717, 1.165) is 12.5 Å². The molecule has 1 aliphatic heterocycles. The van der Waals surface area contributed by atoms with E-state index in [0.29, 0.717) is 6.04 Å². The van der Waals surface area contributed by atoms with Gasteiger partial charge in [0.15, 0.2) is 0 Å². The van der Waals surface area contributed by atoms with Gasteiger partial charge in [0.1, 0.15) is 0 Å². The van der Waals surface area contributed by atoms with Crippen molar-refractivity contribution in [2.24, 2.45) is 5.92 Å². The third-order valence-electron chi connectivity index (χ3n) is 2.44. The summed E-state index contributed by atoms with van der Waals surface area (Å²) in [5.41, 5.74) is 1.32. The fourth-order valence-electron chi connectivity index (χ4n) is 1.75. The molecule has 0 amide bonds. The van der Waals surface area contributed by atoms with Crippen LogP contribution in [0.4, 0.5) is 0 Å². The van der Waals surface area contributed by atoms with Crippen molar-refractivity contribution in [3.8, 4) is 0 Å². The van der Waals surface area contributed by atoms with Crippen LogP contribution in [0.1, 0.15) is 24.9 Å². The highest BCUT2D eigenvalue weighted by atomic mass is 14.9. The van der Waals surface area contributed by atoms with Gasteiger partial charge < -0.3 is 5.32 Å². The van der Waals surface area contributed by atoms with Crippen LogP contribution < -0.4 is 5.32 Å². The van der Waals surface area contributed by atoms with Crippen molar-refractivity contribution in [2.45, 2.75) is 19.4 Å². The van der Waals surface area contributed by atoms with Gasteiger partial charge in [0, 0.05) is 18.4 Å². The minimum atomic E-state index is 0.536. The molecule has 1 saturated heterocycles. The van der Waals surface area contributed by atoms with E-state index in [2.05, 4.69) is 23.3 Å². The van der Waals surface area contributed by atoms with E-state index < -0.39 is 0 Å². The number of nitrogens with one attached hydrogen (secondary N) is 1. The van der Waals surface area contributed by atoms with Gasteiger partial charge in [0.2, 0.25) is 0 Å². The van der Waals surface area contributed by atoms with Gasteiger partial charge in [-0.2, -0.15) is 0 Å². The summed E-state index contributed by atoms with van der Waals surface area (Å²) in [5, 5.41) is 3.48. The molecule has 2 unspecified atom stereocenters. The molecule has 2 atom stereocenters. The molecule has 0 bridgehead atoms. The molecule has 12 heavy (non-hydrogen) atoms. The van der Waals surface area contributed by atoms with Crippen molar-refractivity contribution in [2.75, 3.05) is 6.54 Å². The van der Waals surface area contributed by atoms with E-state index in [4.69, 9.17) is 0 Å². The Balaban J connectivity index is 2.11. The quantitative estimate of drug-likeness (QED) is 0.680. The Morgan fingerprint density at radius 2 is 2.50 bits per heavy atom. The maximum atomic E-state index is 4.11. The van der Waals surface area contributed by atoms with Crippen molar-refractivity contribution < 1.29 is 0 Å². The van der Waals surface area contributed by atoms with E-state index in [9.17, 15) is 0 Å². The number of rotatable bonds is 1. The molecule has 1 aromatic heterocycles. The number of hydrogen-bond donors (Lipinski definition) is 1. The van der Waals surface area contributed by atoms with Crippen molar-refractivity contribution in [1.82, 2.24) is 10.3 Å². The molecule has 1 aromatic rings. The maximum Gasteiger partial charge on any atom is 0.0338 e. The van der Waals surface area contributed by atoms with Crippen molar-refractivity contribution >= 4 is 0 Å². The molecular weight excluding hydrogens is 148 g/mol. The van der Waals surface area contributed by atoms with Gasteiger partial charge in [-0.05, 0) is 30.5 Å². The zero-order valence-electron chi connectivity index (χ0n) is 7.33. The number of pyridine rings is 1. The summed E-state index contributed by atoms with van der Waals surface area (Å²) in [6.07, 6.45) is 5.02. The molecule has 2 heteroatoms. The van der Waals surface area contributed by atoms with Crippen LogP contribution in [-0.2, 0) is 0 Å². The van der Waals surface area contributed by atoms with Gasteiger partial charge in [0.25, 0.3) is 0 Å². The Bertz CT molecular complexity index is 245. The first-order chi connectivity index (χ1) is 5.86. The third kappa shape index (κ3) is 1.48. The highest BCUT2D eigenvalue weighted by Crippen LogP contribution is 2.25. The molecule has 2 rings (SSSR count). The van der Waals surface area contributed by atoms with Gasteiger partial charge in [-0.1, -0.05) is 13.0 Å². The minimum absolute atomic E-state index is 0.536. The van der Waals surface area contributed by atoms with E-state index >= 15 is 0 Å². The van der Waals surface area contributed by atoms with Crippen molar-refractivity contribution in [3.63, 3.8) is 0 Å². The second-order valence-corrected chi connectivity index (χ2v) is 3.59. The first-order valence-electron chi connectivity index (χ1n) is 4.49. The van der Waals surface area contributed by atoms with Crippen LogP contribution in [0.2, 0.25) is 0 Å². The first-order valence-corrected chi connectivity index (χ1v) is 4.49. The lowest BCUT2D eigenvalue weighted by Gasteiger charge is -2.08.